The van der Waals surface area contributed by atoms with E-state index in [0.29, 0.717) is 29.2 Å². The SMILES string of the molecule is Cc1cc(C)c(S(N)(=O)=O)c(C)c1C(=O)NCC1CCC1. The molecule has 1 fully saturated rings. The summed E-state index contributed by atoms with van der Waals surface area (Å²) < 4.78 is 23.5. The van der Waals surface area contributed by atoms with Gasteiger partial charge in [0, 0.05) is 12.1 Å². The van der Waals surface area contributed by atoms with Gasteiger partial charge in [-0.1, -0.05) is 12.5 Å². The summed E-state index contributed by atoms with van der Waals surface area (Å²) in [6.07, 6.45) is 3.52. The molecule has 5 nitrogen and oxygen atoms in total. The Labute approximate surface area is 126 Å². The van der Waals surface area contributed by atoms with Crippen LogP contribution in [0.3, 0.4) is 0 Å². The van der Waals surface area contributed by atoms with Crippen LogP contribution in [0.15, 0.2) is 11.0 Å². The molecule has 2 rings (SSSR count). The standard InChI is InChI=1S/C15H22N2O3S/c1-9-7-10(2)14(21(16,19)20)11(3)13(9)15(18)17-8-12-5-4-6-12/h7,12H,4-6,8H2,1-3H3,(H,17,18)(H2,16,19,20). The van der Waals surface area contributed by atoms with Gasteiger partial charge in [-0.05, 0) is 56.2 Å². The van der Waals surface area contributed by atoms with Gasteiger partial charge in [-0.2, -0.15) is 0 Å². The molecule has 0 bridgehead atoms. The number of rotatable bonds is 4. The van der Waals surface area contributed by atoms with Crippen LogP contribution in [-0.4, -0.2) is 20.9 Å². The summed E-state index contributed by atoms with van der Waals surface area (Å²) in [6.45, 7) is 5.79. The lowest BCUT2D eigenvalue weighted by atomic mass is 9.85. The van der Waals surface area contributed by atoms with E-state index in [1.807, 2.05) is 6.92 Å². The minimum atomic E-state index is -3.84. The van der Waals surface area contributed by atoms with Crippen molar-refractivity contribution in [1.82, 2.24) is 5.32 Å². The van der Waals surface area contributed by atoms with Crippen molar-refractivity contribution in [3.63, 3.8) is 0 Å². The molecule has 3 N–H and O–H groups in total. The van der Waals surface area contributed by atoms with Crippen molar-refractivity contribution < 1.29 is 13.2 Å². The van der Waals surface area contributed by atoms with Gasteiger partial charge in [0.05, 0.1) is 4.90 Å². The Morgan fingerprint density at radius 2 is 1.90 bits per heavy atom. The first-order chi connectivity index (χ1) is 9.71. The van der Waals surface area contributed by atoms with Crippen molar-refractivity contribution in [1.29, 1.82) is 0 Å². The smallest absolute Gasteiger partial charge is 0.251 e. The monoisotopic (exact) mass is 310 g/mol. The van der Waals surface area contributed by atoms with Gasteiger partial charge in [0.25, 0.3) is 5.91 Å². The van der Waals surface area contributed by atoms with E-state index in [1.54, 1.807) is 19.9 Å². The van der Waals surface area contributed by atoms with Crippen molar-refractivity contribution in [2.45, 2.75) is 44.9 Å². The second-order valence-corrected chi connectivity index (χ2v) is 7.39. The molecule has 1 amide bonds. The van der Waals surface area contributed by atoms with Crippen molar-refractivity contribution in [2.75, 3.05) is 6.54 Å². The Morgan fingerprint density at radius 3 is 2.38 bits per heavy atom. The lowest BCUT2D eigenvalue weighted by Gasteiger charge is -2.25. The van der Waals surface area contributed by atoms with E-state index in [2.05, 4.69) is 5.32 Å². The van der Waals surface area contributed by atoms with Crippen LogP contribution in [0.2, 0.25) is 0 Å². The minimum Gasteiger partial charge on any atom is -0.352 e. The summed E-state index contributed by atoms with van der Waals surface area (Å²) in [5, 5.41) is 8.18. The van der Waals surface area contributed by atoms with E-state index in [9.17, 15) is 13.2 Å². The normalized spacial score (nSPS) is 15.6. The Hall–Kier alpha value is -1.40. The largest absolute Gasteiger partial charge is 0.352 e. The number of hydrogen-bond donors (Lipinski definition) is 2. The predicted octanol–water partition coefficient (Wildman–Crippen LogP) is 1.79. The van der Waals surface area contributed by atoms with Crippen LogP contribution >= 0.6 is 0 Å². The zero-order chi connectivity index (χ0) is 15.8. The quantitative estimate of drug-likeness (QED) is 0.888. The third-order valence-electron chi connectivity index (χ3n) is 4.19. The summed E-state index contributed by atoms with van der Waals surface area (Å²) in [4.78, 5) is 12.4. The topological polar surface area (TPSA) is 89.3 Å². The highest BCUT2D eigenvalue weighted by Gasteiger charge is 2.24. The van der Waals surface area contributed by atoms with E-state index < -0.39 is 10.0 Å². The van der Waals surface area contributed by atoms with Gasteiger partial charge in [0.15, 0.2) is 0 Å². The number of primary sulfonamides is 1. The first kappa shape index (κ1) is 16.0. The van der Waals surface area contributed by atoms with Gasteiger partial charge in [0.1, 0.15) is 0 Å². The van der Waals surface area contributed by atoms with E-state index in [-0.39, 0.29) is 10.8 Å². The van der Waals surface area contributed by atoms with Crippen LogP contribution in [0.25, 0.3) is 0 Å². The van der Waals surface area contributed by atoms with Crippen LogP contribution in [0.5, 0.6) is 0 Å². The highest BCUT2D eigenvalue weighted by Crippen LogP contribution is 2.27. The number of carbonyl (C=O) groups excluding carboxylic acids is 1. The van der Waals surface area contributed by atoms with Gasteiger partial charge in [-0.15, -0.1) is 0 Å². The Bertz CT molecular complexity index is 677. The highest BCUT2D eigenvalue weighted by atomic mass is 32.2. The fraction of sp³-hybridized carbons (Fsp3) is 0.533. The van der Waals surface area contributed by atoms with Gasteiger partial charge < -0.3 is 5.32 Å². The first-order valence-corrected chi connectivity index (χ1v) is 8.68. The Morgan fingerprint density at radius 1 is 1.29 bits per heavy atom. The molecule has 0 unspecified atom stereocenters. The molecule has 0 aliphatic heterocycles. The average molecular weight is 310 g/mol. The maximum Gasteiger partial charge on any atom is 0.251 e. The molecule has 1 aliphatic carbocycles. The number of hydrogen-bond acceptors (Lipinski definition) is 3. The molecule has 0 aromatic heterocycles. The van der Waals surface area contributed by atoms with Crippen molar-refractivity contribution >= 4 is 15.9 Å². The maximum absolute atomic E-state index is 12.4. The zero-order valence-electron chi connectivity index (χ0n) is 12.7. The van der Waals surface area contributed by atoms with Gasteiger partial charge in [-0.25, -0.2) is 13.6 Å². The number of carbonyl (C=O) groups is 1. The number of nitrogens with two attached hydrogens (primary N) is 1. The number of sulfonamides is 1. The third-order valence-corrected chi connectivity index (χ3v) is 5.39. The summed E-state index contributed by atoms with van der Waals surface area (Å²) >= 11 is 0. The molecule has 0 radical (unpaired) electrons. The highest BCUT2D eigenvalue weighted by molar-refractivity contribution is 7.89. The second-order valence-electron chi connectivity index (χ2n) is 5.89. The lowest BCUT2D eigenvalue weighted by Crippen LogP contribution is -2.33. The maximum atomic E-state index is 12.4. The molecule has 1 aliphatic rings. The Kier molecular flexibility index (Phi) is 4.39. The van der Waals surface area contributed by atoms with E-state index >= 15 is 0 Å². The summed E-state index contributed by atoms with van der Waals surface area (Å²) in [6, 6.07) is 1.70. The fourth-order valence-corrected chi connectivity index (χ4v) is 4.01. The molecule has 0 spiro atoms. The van der Waals surface area contributed by atoms with Gasteiger partial charge in [0.2, 0.25) is 10.0 Å². The molecule has 21 heavy (non-hydrogen) atoms. The molecule has 0 saturated heterocycles. The van der Waals surface area contributed by atoms with Crippen LogP contribution in [-0.2, 0) is 10.0 Å². The number of aryl methyl sites for hydroxylation is 2. The third kappa shape index (κ3) is 3.27. The van der Waals surface area contributed by atoms with E-state index in [4.69, 9.17) is 5.14 Å². The Balaban J connectivity index is 2.36. The number of benzene rings is 1. The molecular formula is C15H22N2O3S. The average Bonchev–Trinajstić information content (AvgIpc) is 2.23. The van der Waals surface area contributed by atoms with Crippen LogP contribution in [0, 0.1) is 26.7 Å². The number of nitrogens with one attached hydrogen (secondary N) is 1. The molecule has 6 heteroatoms. The predicted molar refractivity (Wildman–Crippen MR) is 81.7 cm³/mol. The molecule has 1 aromatic carbocycles. The van der Waals surface area contributed by atoms with Crippen molar-refractivity contribution in [2.24, 2.45) is 11.1 Å². The van der Waals surface area contributed by atoms with Crippen LogP contribution in [0.4, 0.5) is 0 Å². The van der Waals surface area contributed by atoms with E-state index in [1.165, 1.54) is 6.42 Å². The lowest BCUT2D eigenvalue weighted by molar-refractivity contribution is 0.0937. The molecular weight excluding hydrogens is 288 g/mol. The van der Waals surface area contributed by atoms with Crippen LogP contribution < -0.4 is 10.5 Å². The molecule has 116 valence electrons. The minimum absolute atomic E-state index is 0.0573. The second kappa shape index (κ2) is 5.77. The zero-order valence-corrected chi connectivity index (χ0v) is 13.5. The number of amides is 1. The van der Waals surface area contributed by atoms with Gasteiger partial charge >= 0.3 is 0 Å². The molecule has 0 atom stereocenters. The summed E-state index contributed by atoms with van der Waals surface area (Å²) in [5.41, 5.74) is 2.19. The first-order valence-electron chi connectivity index (χ1n) is 7.13. The molecule has 1 aromatic rings. The van der Waals surface area contributed by atoms with Crippen molar-refractivity contribution in [3.8, 4) is 0 Å². The van der Waals surface area contributed by atoms with Crippen molar-refractivity contribution in [3.05, 3.63) is 28.3 Å². The van der Waals surface area contributed by atoms with E-state index in [0.717, 1.165) is 18.4 Å². The molecule has 1 saturated carbocycles. The van der Waals surface area contributed by atoms with Gasteiger partial charge in [-0.3, -0.25) is 4.79 Å². The van der Waals surface area contributed by atoms with Crippen LogP contribution in [0.1, 0.15) is 46.3 Å². The summed E-state index contributed by atoms with van der Waals surface area (Å²) in [7, 11) is -3.84. The fourth-order valence-electron chi connectivity index (χ4n) is 2.98. The summed E-state index contributed by atoms with van der Waals surface area (Å²) in [5.74, 6) is 0.333. The molecule has 0 heterocycles.